The molecule has 0 amide bonds. The van der Waals surface area contributed by atoms with E-state index >= 15 is 0 Å². The maximum atomic E-state index is 11.4. The summed E-state index contributed by atoms with van der Waals surface area (Å²) < 4.78 is 4.79. The molecule has 1 rings (SSSR count). The molecule has 0 aliphatic carbocycles. The van der Waals surface area contributed by atoms with Crippen molar-refractivity contribution >= 4 is 5.97 Å². The maximum Gasteiger partial charge on any atom is 0.305 e. The average molecular weight is 270 g/mol. The van der Waals surface area contributed by atoms with Crippen LogP contribution in [0.25, 0.3) is 0 Å². The number of ether oxygens (including phenoxy) is 1. The first-order valence-electron chi connectivity index (χ1n) is 7.57. The van der Waals surface area contributed by atoms with E-state index in [0.29, 0.717) is 18.4 Å². The van der Waals surface area contributed by atoms with Gasteiger partial charge >= 0.3 is 5.97 Å². The van der Waals surface area contributed by atoms with Crippen LogP contribution in [0.15, 0.2) is 0 Å². The summed E-state index contributed by atoms with van der Waals surface area (Å²) in [6.07, 6.45) is 2.85. The second-order valence-corrected chi connectivity index (χ2v) is 6.07. The SMILES string of the molecule is CCN1CC(CC(=O)OC)CC(NCCC(C)C)C1. The van der Waals surface area contributed by atoms with Gasteiger partial charge in [-0.2, -0.15) is 0 Å². The third-order valence-corrected chi connectivity index (χ3v) is 3.90. The lowest BCUT2D eigenvalue weighted by Crippen LogP contribution is -2.49. The molecule has 0 aromatic carbocycles. The highest BCUT2D eigenvalue weighted by Gasteiger charge is 2.27. The second kappa shape index (κ2) is 8.54. The smallest absolute Gasteiger partial charge is 0.305 e. The number of esters is 1. The van der Waals surface area contributed by atoms with E-state index in [1.54, 1.807) is 0 Å². The molecule has 19 heavy (non-hydrogen) atoms. The van der Waals surface area contributed by atoms with Crippen LogP contribution in [-0.2, 0) is 9.53 Å². The van der Waals surface area contributed by atoms with E-state index in [4.69, 9.17) is 4.74 Å². The lowest BCUT2D eigenvalue weighted by atomic mass is 9.91. The zero-order valence-corrected chi connectivity index (χ0v) is 12.9. The first-order valence-corrected chi connectivity index (χ1v) is 7.57. The van der Waals surface area contributed by atoms with Gasteiger partial charge in [-0.05, 0) is 37.8 Å². The molecule has 1 saturated heterocycles. The van der Waals surface area contributed by atoms with Crippen molar-refractivity contribution in [2.75, 3.05) is 33.3 Å². The van der Waals surface area contributed by atoms with Gasteiger partial charge in [0.15, 0.2) is 0 Å². The summed E-state index contributed by atoms with van der Waals surface area (Å²) in [7, 11) is 1.47. The third-order valence-electron chi connectivity index (χ3n) is 3.90. The monoisotopic (exact) mass is 270 g/mol. The Bertz CT molecular complexity index is 269. The Morgan fingerprint density at radius 2 is 2.16 bits per heavy atom. The van der Waals surface area contributed by atoms with Crippen LogP contribution in [-0.4, -0.2) is 50.2 Å². The van der Waals surface area contributed by atoms with E-state index in [1.807, 2.05) is 0 Å². The molecular formula is C15H30N2O2. The van der Waals surface area contributed by atoms with Gasteiger partial charge < -0.3 is 15.0 Å². The highest BCUT2D eigenvalue weighted by atomic mass is 16.5. The summed E-state index contributed by atoms with van der Waals surface area (Å²) in [5.74, 6) is 1.09. The summed E-state index contributed by atoms with van der Waals surface area (Å²) in [6, 6.07) is 0.516. The molecule has 0 aromatic heterocycles. The van der Waals surface area contributed by atoms with Crippen LogP contribution in [0.5, 0.6) is 0 Å². The highest BCUT2D eigenvalue weighted by molar-refractivity contribution is 5.69. The fraction of sp³-hybridized carbons (Fsp3) is 0.933. The Morgan fingerprint density at radius 1 is 1.42 bits per heavy atom. The Labute approximate surface area is 117 Å². The molecule has 2 atom stereocenters. The standard InChI is InChI=1S/C15H30N2O2/c1-5-17-10-13(9-15(18)19-4)8-14(11-17)16-7-6-12(2)3/h12-14,16H,5-11H2,1-4H3. The molecule has 2 unspecified atom stereocenters. The maximum absolute atomic E-state index is 11.4. The van der Waals surface area contributed by atoms with E-state index in [9.17, 15) is 4.79 Å². The number of likely N-dealkylation sites (tertiary alicyclic amines) is 1. The summed E-state index contributed by atoms with van der Waals surface area (Å²) in [6.45, 7) is 10.9. The Kier molecular flexibility index (Phi) is 7.39. The van der Waals surface area contributed by atoms with Crippen LogP contribution in [0.2, 0.25) is 0 Å². The van der Waals surface area contributed by atoms with Gasteiger partial charge in [0, 0.05) is 25.6 Å². The van der Waals surface area contributed by atoms with E-state index < -0.39 is 0 Å². The van der Waals surface area contributed by atoms with Crippen molar-refractivity contribution < 1.29 is 9.53 Å². The molecule has 112 valence electrons. The van der Waals surface area contributed by atoms with Crippen LogP contribution >= 0.6 is 0 Å². The molecule has 0 radical (unpaired) electrons. The van der Waals surface area contributed by atoms with Crippen LogP contribution in [0.3, 0.4) is 0 Å². The van der Waals surface area contributed by atoms with Gasteiger partial charge in [-0.15, -0.1) is 0 Å². The van der Waals surface area contributed by atoms with E-state index in [1.165, 1.54) is 13.5 Å². The number of nitrogens with zero attached hydrogens (tertiary/aromatic N) is 1. The van der Waals surface area contributed by atoms with Crippen molar-refractivity contribution in [1.82, 2.24) is 10.2 Å². The molecular weight excluding hydrogens is 240 g/mol. The quantitative estimate of drug-likeness (QED) is 0.717. The summed E-state index contributed by atoms with van der Waals surface area (Å²) in [5.41, 5.74) is 0. The van der Waals surface area contributed by atoms with Gasteiger partial charge in [-0.25, -0.2) is 0 Å². The number of methoxy groups -OCH3 is 1. The molecule has 1 heterocycles. The first-order chi connectivity index (χ1) is 9.05. The van der Waals surface area contributed by atoms with Gasteiger partial charge in [0.25, 0.3) is 0 Å². The third kappa shape index (κ3) is 6.39. The van der Waals surface area contributed by atoms with Crippen LogP contribution < -0.4 is 5.32 Å². The van der Waals surface area contributed by atoms with E-state index in [0.717, 1.165) is 38.5 Å². The number of likely N-dealkylation sites (N-methyl/N-ethyl adjacent to an activating group) is 1. The zero-order chi connectivity index (χ0) is 14.3. The van der Waals surface area contributed by atoms with E-state index in [2.05, 4.69) is 31.0 Å². The fourth-order valence-electron chi connectivity index (χ4n) is 2.75. The van der Waals surface area contributed by atoms with Gasteiger partial charge in [-0.3, -0.25) is 4.79 Å². The lowest BCUT2D eigenvalue weighted by Gasteiger charge is -2.37. The van der Waals surface area contributed by atoms with Crippen molar-refractivity contribution in [2.45, 2.75) is 46.1 Å². The molecule has 4 nitrogen and oxygen atoms in total. The number of carbonyl (C=O) groups is 1. The second-order valence-electron chi connectivity index (χ2n) is 6.07. The van der Waals surface area contributed by atoms with Crippen molar-refractivity contribution in [2.24, 2.45) is 11.8 Å². The molecule has 1 fully saturated rings. The first kappa shape index (κ1) is 16.4. The van der Waals surface area contributed by atoms with Gasteiger partial charge in [0.2, 0.25) is 0 Å². The van der Waals surface area contributed by atoms with Crippen LogP contribution in [0, 0.1) is 11.8 Å². The lowest BCUT2D eigenvalue weighted by molar-refractivity contribution is -0.142. The van der Waals surface area contributed by atoms with Crippen molar-refractivity contribution in [1.29, 1.82) is 0 Å². The topological polar surface area (TPSA) is 41.6 Å². The average Bonchev–Trinajstić information content (AvgIpc) is 2.37. The minimum Gasteiger partial charge on any atom is -0.469 e. The van der Waals surface area contributed by atoms with Gasteiger partial charge in [0.05, 0.1) is 7.11 Å². The predicted molar refractivity (Wildman–Crippen MR) is 78.1 cm³/mol. The number of piperidine rings is 1. The molecule has 0 saturated carbocycles. The molecule has 1 N–H and O–H groups in total. The van der Waals surface area contributed by atoms with Crippen LogP contribution in [0.4, 0.5) is 0 Å². The number of nitrogens with one attached hydrogen (secondary N) is 1. The van der Waals surface area contributed by atoms with E-state index in [-0.39, 0.29) is 5.97 Å². The normalized spacial score (nSPS) is 24.7. The summed E-state index contributed by atoms with van der Waals surface area (Å²) >= 11 is 0. The Balaban J connectivity index is 2.40. The van der Waals surface area contributed by atoms with Gasteiger partial charge in [0.1, 0.15) is 0 Å². The minimum absolute atomic E-state index is 0.0797. The Morgan fingerprint density at radius 3 is 2.74 bits per heavy atom. The minimum atomic E-state index is -0.0797. The molecule has 1 aliphatic heterocycles. The number of hydrogen-bond acceptors (Lipinski definition) is 4. The fourth-order valence-corrected chi connectivity index (χ4v) is 2.75. The highest BCUT2D eigenvalue weighted by Crippen LogP contribution is 2.20. The molecule has 0 aromatic rings. The number of rotatable bonds is 7. The van der Waals surface area contributed by atoms with Crippen molar-refractivity contribution in [3.63, 3.8) is 0 Å². The summed E-state index contributed by atoms with van der Waals surface area (Å²) in [4.78, 5) is 13.9. The molecule has 1 aliphatic rings. The number of carbonyl (C=O) groups excluding carboxylic acids is 1. The molecule has 0 bridgehead atoms. The van der Waals surface area contributed by atoms with Crippen molar-refractivity contribution in [3.8, 4) is 0 Å². The largest absolute Gasteiger partial charge is 0.469 e. The van der Waals surface area contributed by atoms with Crippen molar-refractivity contribution in [3.05, 3.63) is 0 Å². The van der Waals surface area contributed by atoms with Crippen LogP contribution in [0.1, 0.15) is 40.0 Å². The number of hydrogen-bond donors (Lipinski definition) is 1. The molecule has 4 heteroatoms. The van der Waals surface area contributed by atoms with Gasteiger partial charge in [-0.1, -0.05) is 20.8 Å². The Hall–Kier alpha value is -0.610. The summed E-state index contributed by atoms with van der Waals surface area (Å²) in [5, 5.41) is 3.64. The zero-order valence-electron chi connectivity index (χ0n) is 12.9. The predicted octanol–water partition coefficient (Wildman–Crippen LogP) is 1.90. The molecule has 0 spiro atoms.